The molecule has 0 aliphatic carbocycles. The number of allylic oxidation sites excluding steroid dienone is 1. The molecular weight excluding hydrogens is 210 g/mol. The predicted molar refractivity (Wildman–Crippen MR) is 57.8 cm³/mol. The molecule has 1 N–H and O–H groups in total. The molecule has 80 valence electrons. The van der Waals surface area contributed by atoms with Gasteiger partial charge in [0.25, 0.3) is 5.69 Å². The van der Waals surface area contributed by atoms with Gasteiger partial charge in [-0.2, -0.15) is 5.10 Å². The fourth-order valence-electron chi connectivity index (χ4n) is 1.40. The number of nitro benzene ring substituents is 1. The maximum Gasteiger partial charge on any atom is 0.271 e. The number of fused-ring (bicyclic) bond motifs is 1. The number of hydrogen-bond acceptors (Lipinski definition) is 4. The second kappa shape index (κ2) is 3.93. The average molecular weight is 217 g/mol. The quantitative estimate of drug-likeness (QED) is 0.366. The lowest BCUT2D eigenvalue weighted by atomic mass is 10.2. The molecule has 2 aromatic rings. The number of aromatic nitrogens is 2. The first-order chi connectivity index (χ1) is 7.72. The van der Waals surface area contributed by atoms with Gasteiger partial charge in [-0.15, -0.1) is 0 Å². The summed E-state index contributed by atoms with van der Waals surface area (Å²) in [4.78, 5) is 20.2. The van der Waals surface area contributed by atoms with Gasteiger partial charge in [0.2, 0.25) is 0 Å². The lowest BCUT2D eigenvalue weighted by Gasteiger charge is -1.91. The second-order valence-electron chi connectivity index (χ2n) is 3.09. The van der Waals surface area contributed by atoms with Gasteiger partial charge in [0.15, 0.2) is 0 Å². The van der Waals surface area contributed by atoms with Crippen LogP contribution in [0.1, 0.15) is 5.69 Å². The van der Waals surface area contributed by atoms with Gasteiger partial charge < -0.3 is 0 Å². The number of non-ortho nitro benzene ring substituents is 1. The zero-order valence-corrected chi connectivity index (χ0v) is 8.08. The molecule has 0 aliphatic heterocycles. The van der Waals surface area contributed by atoms with E-state index in [1.54, 1.807) is 6.07 Å². The van der Waals surface area contributed by atoms with Crippen molar-refractivity contribution < 1.29 is 9.72 Å². The summed E-state index contributed by atoms with van der Waals surface area (Å²) in [6.45, 7) is 0. The highest BCUT2D eigenvalue weighted by atomic mass is 16.6. The van der Waals surface area contributed by atoms with Crippen LogP contribution >= 0.6 is 0 Å². The lowest BCUT2D eigenvalue weighted by Crippen LogP contribution is -1.86. The number of nitrogens with zero attached hydrogens (tertiary/aromatic N) is 2. The van der Waals surface area contributed by atoms with Crippen molar-refractivity contribution in [2.45, 2.75) is 0 Å². The zero-order valence-electron chi connectivity index (χ0n) is 8.08. The van der Waals surface area contributed by atoms with Crippen LogP contribution in [-0.4, -0.2) is 21.4 Å². The number of benzene rings is 1. The Bertz CT molecular complexity index is 586. The van der Waals surface area contributed by atoms with E-state index in [-0.39, 0.29) is 5.69 Å². The first kappa shape index (κ1) is 10.0. The zero-order chi connectivity index (χ0) is 11.5. The highest BCUT2D eigenvalue weighted by Gasteiger charge is 2.09. The second-order valence-corrected chi connectivity index (χ2v) is 3.09. The first-order valence-corrected chi connectivity index (χ1v) is 4.47. The molecule has 6 nitrogen and oxygen atoms in total. The molecule has 6 heteroatoms. The van der Waals surface area contributed by atoms with Gasteiger partial charge in [0.1, 0.15) is 6.29 Å². The number of H-pyrrole nitrogens is 1. The van der Waals surface area contributed by atoms with Crippen LogP contribution in [0, 0.1) is 10.1 Å². The Balaban J connectivity index is 2.54. The Labute approximate surface area is 89.7 Å². The van der Waals surface area contributed by atoms with Crippen molar-refractivity contribution in [2.24, 2.45) is 0 Å². The highest BCUT2D eigenvalue weighted by Crippen LogP contribution is 2.22. The van der Waals surface area contributed by atoms with Gasteiger partial charge in [0, 0.05) is 17.5 Å². The predicted octanol–water partition coefficient (Wildman–Crippen LogP) is 1.68. The number of nitrogens with one attached hydrogen (secondary N) is 1. The molecule has 16 heavy (non-hydrogen) atoms. The fraction of sp³-hybridized carbons (Fsp3) is 0. The average Bonchev–Trinajstić information content (AvgIpc) is 2.68. The topological polar surface area (TPSA) is 88.9 Å². The van der Waals surface area contributed by atoms with Gasteiger partial charge in [-0.1, -0.05) is 0 Å². The van der Waals surface area contributed by atoms with E-state index in [4.69, 9.17) is 0 Å². The third-order valence-electron chi connectivity index (χ3n) is 2.12. The molecule has 1 aromatic carbocycles. The Morgan fingerprint density at radius 1 is 1.44 bits per heavy atom. The normalized spacial score (nSPS) is 11.0. The highest BCUT2D eigenvalue weighted by molar-refractivity contribution is 5.90. The van der Waals surface area contributed by atoms with Gasteiger partial charge in [-0.05, 0) is 18.2 Å². The van der Waals surface area contributed by atoms with E-state index >= 15 is 0 Å². The van der Waals surface area contributed by atoms with Crippen molar-refractivity contribution in [3.8, 4) is 0 Å². The van der Waals surface area contributed by atoms with Crippen LogP contribution in [0.3, 0.4) is 0 Å². The maximum atomic E-state index is 10.5. The largest absolute Gasteiger partial charge is 0.299 e. The van der Waals surface area contributed by atoms with E-state index in [1.165, 1.54) is 24.3 Å². The first-order valence-electron chi connectivity index (χ1n) is 4.47. The van der Waals surface area contributed by atoms with E-state index in [0.717, 1.165) is 5.39 Å². The Morgan fingerprint density at radius 2 is 2.25 bits per heavy atom. The van der Waals surface area contributed by atoms with Crippen LogP contribution in [0.15, 0.2) is 24.3 Å². The summed E-state index contributed by atoms with van der Waals surface area (Å²) in [5.74, 6) is 0. The van der Waals surface area contributed by atoms with E-state index in [1.807, 2.05) is 0 Å². The molecule has 0 amide bonds. The monoisotopic (exact) mass is 217 g/mol. The van der Waals surface area contributed by atoms with E-state index in [2.05, 4.69) is 10.2 Å². The molecular formula is C10H7N3O3. The minimum Gasteiger partial charge on any atom is -0.299 e. The molecule has 2 rings (SSSR count). The minimum absolute atomic E-state index is 0.00191. The van der Waals surface area contributed by atoms with Crippen LogP contribution in [0.4, 0.5) is 5.69 Å². The van der Waals surface area contributed by atoms with Crippen molar-refractivity contribution in [3.05, 3.63) is 40.1 Å². The van der Waals surface area contributed by atoms with Crippen molar-refractivity contribution in [2.75, 3.05) is 0 Å². The Kier molecular flexibility index (Phi) is 2.47. The van der Waals surface area contributed by atoms with E-state index in [9.17, 15) is 14.9 Å². The van der Waals surface area contributed by atoms with Crippen molar-refractivity contribution >= 4 is 29.0 Å². The number of nitro groups is 1. The molecule has 0 bridgehead atoms. The van der Waals surface area contributed by atoms with Crippen LogP contribution < -0.4 is 0 Å². The molecule has 0 fully saturated rings. The fourth-order valence-corrected chi connectivity index (χ4v) is 1.40. The third-order valence-corrected chi connectivity index (χ3v) is 2.12. The van der Waals surface area contributed by atoms with Gasteiger partial charge in [-0.3, -0.25) is 20.0 Å². The SMILES string of the molecule is O=CC=Cc1n[nH]c2cc([N+](=O)[O-])ccc12. The number of hydrogen-bond donors (Lipinski definition) is 1. The number of carbonyl (C=O) groups is 1. The Morgan fingerprint density at radius 3 is 2.94 bits per heavy atom. The van der Waals surface area contributed by atoms with Gasteiger partial charge in [0.05, 0.1) is 16.1 Å². The van der Waals surface area contributed by atoms with Crippen molar-refractivity contribution in [1.82, 2.24) is 10.2 Å². The summed E-state index contributed by atoms with van der Waals surface area (Å²) in [6, 6.07) is 4.40. The molecule has 0 aliphatic rings. The summed E-state index contributed by atoms with van der Waals surface area (Å²) in [7, 11) is 0. The van der Waals surface area contributed by atoms with E-state index in [0.29, 0.717) is 17.5 Å². The van der Waals surface area contributed by atoms with Gasteiger partial charge in [-0.25, -0.2) is 0 Å². The summed E-state index contributed by atoms with van der Waals surface area (Å²) in [5, 5.41) is 17.9. The van der Waals surface area contributed by atoms with Crippen molar-refractivity contribution in [1.29, 1.82) is 0 Å². The summed E-state index contributed by atoms with van der Waals surface area (Å²) >= 11 is 0. The molecule has 0 saturated carbocycles. The van der Waals surface area contributed by atoms with Crippen LogP contribution in [0.25, 0.3) is 17.0 Å². The molecule has 0 unspecified atom stereocenters. The molecule has 0 saturated heterocycles. The van der Waals surface area contributed by atoms with Crippen LogP contribution in [-0.2, 0) is 4.79 Å². The van der Waals surface area contributed by atoms with Gasteiger partial charge >= 0.3 is 0 Å². The van der Waals surface area contributed by atoms with Crippen molar-refractivity contribution in [3.63, 3.8) is 0 Å². The lowest BCUT2D eigenvalue weighted by molar-refractivity contribution is -0.384. The summed E-state index contributed by atoms with van der Waals surface area (Å²) in [5.41, 5.74) is 1.15. The number of aromatic amines is 1. The number of aldehydes is 1. The number of rotatable bonds is 3. The minimum atomic E-state index is -0.471. The molecule has 1 heterocycles. The third kappa shape index (κ3) is 1.68. The molecule has 0 spiro atoms. The number of carbonyl (C=O) groups excluding carboxylic acids is 1. The summed E-state index contributed by atoms with van der Waals surface area (Å²) in [6.07, 6.45) is 3.50. The summed E-state index contributed by atoms with van der Waals surface area (Å²) < 4.78 is 0. The van der Waals surface area contributed by atoms with E-state index < -0.39 is 4.92 Å². The Hall–Kier alpha value is -2.50. The van der Waals surface area contributed by atoms with Crippen LogP contribution in [0.2, 0.25) is 0 Å². The maximum absolute atomic E-state index is 10.5. The smallest absolute Gasteiger partial charge is 0.271 e. The molecule has 0 radical (unpaired) electrons. The standard InChI is InChI=1S/C10H7N3O3/c14-5-1-2-9-8-4-3-7(13(15)16)6-10(8)12-11-9/h1-6H,(H,11,12). The molecule has 1 aromatic heterocycles. The van der Waals surface area contributed by atoms with Crippen LogP contribution in [0.5, 0.6) is 0 Å². The molecule has 0 atom stereocenters.